The Balaban J connectivity index is 1.57. The Morgan fingerprint density at radius 1 is 1.24 bits per heavy atom. The maximum absolute atomic E-state index is 4.35. The molecule has 0 N–H and O–H groups in total. The van der Waals surface area contributed by atoms with Crippen molar-refractivity contribution in [2.75, 3.05) is 18.0 Å². The summed E-state index contributed by atoms with van der Waals surface area (Å²) >= 11 is 0. The van der Waals surface area contributed by atoms with Crippen molar-refractivity contribution in [1.82, 2.24) is 14.6 Å². The average Bonchev–Trinajstić information content (AvgIpc) is 2.84. The normalized spacial score (nSPS) is 28.0. The smallest absolute Gasteiger partial charge is 0.136 e. The van der Waals surface area contributed by atoms with Crippen LogP contribution in [0.2, 0.25) is 0 Å². The molecule has 2 aromatic heterocycles. The number of aromatic nitrogens is 3. The quantitative estimate of drug-likeness (QED) is 0.805. The first-order chi connectivity index (χ1) is 10.1. The van der Waals surface area contributed by atoms with Gasteiger partial charge in [0.25, 0.3) is 0 Å². The molecule has 4 nitrogen and oxygen atoms in total. The lowest BCUT2D eigenvalue weighted by Gasteiger charge is -2.55. The summed E-state index contributed by atoms with van der Waals surface area (Å²) in [4.78, 5) is 6.87. The second-order valence-electron chi connectivity index (χ2n) is 7.39. The molecule has 4 heteroatoms. The van der Waals surface area contributed by atoms with Crippen LogP contribution in [0.3, 0.4) is 0 Å². The first-order valence-electron chi connectivity index (χ1n) is 8.12. The fraction of sp³-hybridized carbons (Fsp3) is 0.647. The fourth-order valence-electron chi connectivity index (χ4n) is 4.37. The van der Waals surface area contributed by atoms with Crippen LogP contribution in [0.1, 0.15) is 38.8 Å². The van der Waals surface area contributed by atoms with Crippen molar-refractivity contribution in [3.63, 3.8) is 0 Å². The van der Waals surface area contributed by atoms with E-state index in [0.29, 0.717) is 5.41 Å². The van der Waals surface area contributed by atoms with E-state index in [1.54, 1.807) is 6.33 Å². The summed E-state index contributed by atoms with van der Waals surface area (Å²) in [6.07, 6.45) is 7.87. The Kier molecular flexibility index (Phi) is 2.78. The number of hydrogen-bond donors (Lipinski definition) is 0. The van der Waals surface area contributed by atoms with E-state index in [1.807, 2.05) is 4.52 Å². The number of fused-ring (bicyclic) bond motifs is 1. The highest BCUT2D eigenvalue weighted by molar-refractivity contribution is 5.76. The summed E-state index contributed by atoms with van der Waals surface area (Å²) in [6, 6.07) is 2.19. The van der Waals surface area contributed by atoms with Crippen molar-refractivity contribution < 1.29 is 0 Å². The van der Waals surface area contributed by atoms with Gasteiger partial charge < -0.3 is 4.90 Å². The van der Waals surface area contributed by atoms with E-state index in [0.717, 1.165) is 17.5 Å². The summed E-state index contributed by atoms with van der Waals surface area (Å²) in [7, 11) is 0. The molecule has 1 aliphatic heterocycles. The van der Waals surface area contributed by atoms with Crippen LogP contribution in [0.25, 0.3) is 5.52 Å². The largest absolute Gasteiger partial charge is 0.368 e. The van der Waals surface area contributed by atoms with E-state index in [2.05, 4.69) is 48.0 Å². The van der Waals surface area contributed by atoms with Crippen molar-refractivity contribution in [1.29, 1.82) is 0 Å². The monoisotopic (exact) mass is 284 g/mol. The van der Waals surface area contributed by atoms with Gasteiger partial charge in [0.15, 0.2) is 0 Å². The van der Waals surface area contributed by atoms with Gasteiger partial charge in [0.05, 0.1) is 11.4 Å². The number of aryl methyl sites for hydroxylation is 1. The minimum Gasteiger partial charge on any atom is -0.368 e. The maximum atomic E-state index is 4.35. The molecule has 0 radical (unpaired) electrons. The molecule has 1 saturated heterocycles. The van der Waals surface area contributed by atoms with E-state index >= 15 is 0 Å². The zero-order chi connectivity index (χ0) is 14.6. The third kappa shape index (κ3) is 1.95. The minimum absolute atomic E-state index is 0.573. The molecular weight excluding hydrogens is 260 g/mol. The van der Waals surface area contributed by atoms with Crippen molar-refractivity contribution in [2.45, 2.75) is 40.0 Å². The molecule has 1 aliphatic carbocycles. The van der Waals surface area contributed by atoms with Crippen molar-refractivity contribution in [3.05, 3.63) is 24.3 Å². The first-order valence-corrected chi connectivity index (χ1v) is 8.12. The average molecular weight is 284 g/mol. The first kappa shape index (κ1) is 13.1. The zero-order valence-electron chi connectivity index (χ0n) is 13.2. The molecule has 2 atom stereocenters. The van der Waals surface area contributed by atoms with E-state index in [-0.39, 0.29) is 0 Å². The maximum Gasteiger partial charge on any atom is 0.136 e. The molecule has 112 valence electrons. The molecule has 4 rings (SSSR count). The molecule has 0 aromatic carbocycles. The molecule has 1 unspecified atom stereocenters. The predicted octanol–water partition coefficient (Wildman–Crippen LogP) is 3.30. The Hall–Kier alpha value is -1.58. The van der Waals surface area contributed by atoms with E-state index in [9.17, 15) is 0 Å². The molecule has 2 fully saturated rings. The molecule has 2 aromatic rings. The summed E-state index contributed by atoms with van der Waals surface area (Å²) in [5, 5.41) is 4.31. The summed E-state index contributed by atoms with van der Waals surface area (Å²) in [6.45, 7) is 9.33. The van der Waals surface area contributed by atoms with Crippen LogP contribution in [0, 0.1) is 24.2 Å². The van der Waals surface area contributed by atoms with E-state index in [1.165, 1.54) is 43.6 Å². The third-order valence-corrected chi connectivity index (χ3v) is 5.87. The van der Waals surface area contributed by atoms with Gasteiger partial charge in [0, 0.05) is 24.7 Å². The molecule has 3 heterocycles. The van der Waals surface area contributed by atoms with Crippen molar-refractivity contribution >= 4 is 11.2 Å². The van der Waals surface area contributed by atoms with E-state index in [4.69, 9.17) is 0 Å². The molecule has 2 aliphatic rings. The highest BCUT2D eigenvalue weighted by atomic mass is 15.3. The van der Waals surface area contributed by atoms with Crippen LogP contribution < -0.4 is 4.90 Å². The van der Waals surface area contributed by atoms with Gasteiger partial charge in [-0.05, 0) is 44.1 Å². The summed E-state index contributed by atoms with van der Waals surface area (Å²) < 4.78 is 1.95. The zero-order valence-corrected chi connectivity index (χ0v) is 13.2. The molecule has 0 bridgehead atoms. The van der Waals surface area contributed by atoms with Gasteiger partial charge >= 0.3 is 0 Å². The number of hydrogen-bond acceptors (Lipinski definition) is 3. The Morgan fingerprint density at radius 2 is 2.05 bits per heavy atom. The number of anilines is 1. The summed E-state index contributed by atoms with van der Waals surface area (Å²) in [5.41, 5.74) is 4.12. The SMILES string of the molecule is Cc1ncnn2ccc(N3CC4(CCC(C)[C@@H](C)C4)C3)c12. The molecule has 1 spiro atoms. The van der Waals surface area contributed by atoms with Gasteiger partial charge in [-0.3, -0.25) is 0 Å². The second kappa shape index (κ2) is 4.46. The molecule has 0 amide bonds. The topological polar surface area (TPSA) is 33.4 Å². The Bertz CT molecular complexity index is 668. The highest BCUT2D eigenvalue weighted by Gasteiger charge is 2.47. The standard InChI is InChI=1S/C17H24N4/c1-12-4-6-17(8-13(12)2)9-20(10-17)15-5-7-21-16(15)14(3)18-11-19-21/h5,7,11-13H,4,6,8-10H2,1-3H3/t12?,13-/m0/s1. The van der Waals surface area contributed by atoms with Gasteiger partial charge in [0.1, 0.15) is 11.8 Å². The lowest BCUT2D eigenvalue weighted by Crippen LogP contribution is -2.58. The second-order valence-corrected chi connectivity index (χ2v) is 7.39. The van der Waals surface area contributed by atoms with Gasteiger partial charge in [-0.15, -0.1) is 0 Å². The van der Waals surface area contributed by atoms with Crippen molar-refractivity contribution in [3.8, 4) is 0 Å². The van der Waals surface area contributed by atoms with Crippen LogP contribution >= 0.6 is 0 Å². The van der Waals surface area contributed by atoms with Gasteiger partial charge in [-0.25, -0.2) is 9.50 Å². The Morgan fingerprint density at radius 3 is 2.81 bits per heavy atom. The third-order valence-electron chi connectivity index (χ3n) is 5.87. The van der Waals surface area contributed by atoms with Crippen LogP contribution in [-0.4, -0.2) is 27.7 Å². The van der Waals surface area contributed by atoms with Gasteiger partial charge in [-0.2, -0.15) is 5.10 Å². The summed E-state index contributed by atoms with van der Waals surface area (Å²) in [5.74, 6) is 1.77. The minimum atomic E-state index is 0.573. The lowest BCUT2D eigenvalue weighted by atomic mass is 9.62. The van der Waals surface area contributed by atoms with Crippen molar-refractivity contribution in [2.24, 2.45) is 17.3 Å². The van der Waals surface area contributed by atoms with Gasteiger partial charge in [0.2, 0.25) is 0 Å². The lowest BCUT2D eigenvalue weighted by molar-refractivity contribution is 0.0735. The molecular formula is C17H24N4. The van der Waals surface area contributed by atoms with E-state index < -0.39 is 0 Å². The van der Waals surface area contributed by atoms with Crippen LogP contribution in [0.4, 0.5) is 5.69 Å². The number of nitrogens with zero attached hydrogens (tertiary/aromatic N) is 4. The van der Waals surface area contributed by atoms with Gasteiger partial charge in [-0.1, -0.05) is 13.8 Å². The molecule has 21 heavy (non-hydrogen) atoms. The highest BCUT2D eigenvalue weighted by Crippen LogP contribution is 2.49. The molecule has 1 saturated carbocycles. The number of rotatable bonds is 1. The fourth-order valence-corrected chi connectivity index (χ4v) is 4.37. The van der Waals surface area contributed by atoms with Crippen LogP contribution in [0.15, 0.2) is 18.6 Å². The predicted molar refractivity (Wildman–Crippen MR) is 84.5 cm³/mol. The van der Waals surface area contributed by atoms with Crippen LogP contribution in [0.5, 0.6) is 0 Å². The van der Waals surface area contributed by atoms with Crippen LogP contribution in [-0.2, 0) is 0 Å². The Labute approximate surface area is 126 Å².